The number of benzene rings is 3. The molecule has 4 nitrogen and oxygen atoms in total. The van der Waals surface area contributed by atoms with Gasteiger partial charge in [-0.2, -0.15) is 0 Å². The summed E-state index contributed by atoms with van der Waals surface area (Å²) in [7, 11) is 0. The number of amides is 3. The van der Waals surface area contributed by atoms with Gasteiger partial charge >= 0.3 is 6.03 Å². The third kappa shape index (κ3) is 3.27. The molecule has 3 aromatic rings. The molecular formula is C23H19FN2O2. The molecule has 1 heterocycles. The predicted octanol–water partition coefficient (Wildman–Crippen LogP) is 4.02. The minimum atomic E-state index is -1.19. The molecule has 1 aliphatic heterocycles. The third-order valence-corrected chi connectivity index (χ3v) is 4.98. The molecule has 0 saturated carbocycles. The molecule has 4 rings (SSSR count). The summed E-state index contributed by atoms with van der Waals surface area (Å²) in [5.74, 6) is -0.736. The molecule has 1 saturated heterocycles. The number of nitrogens with one attached hydrogen (secondary N) is 1. The maximum Gasteiger partial charge on any atom is 0.325 e. The van der Waals surface area contributed by atoms with Crippen LogP contribution in [-0.2, 0) is 23.3 Å². The van der Waals surface area contributed by atoms with Gasteiger partial charge in [0.15, 0.2) is 5.54 Å². The van der Waals surface area contributed by atoms with Crippen molar-refractivity contribution in [2.45, 2.75) is 18.5 Å². The van der Waals surface area contributed by atoms with E-state index in [1.54, 1.807) is 12.1 Å². The molecular weight excluding hydrogens is 355 g/mol. The third-order valence-electron chi connectivity index (χ3n) is 4.98. The van der Waals surface area contributed by atoms with Crippen LogP contribution < -0.4 is 5.32 Å². The quantitative estimate of drug-likeness (QED) is 0.686. The number of urea groups is 1. The van der Waals surface area contributed by atoms with Crippen molar-refractivity contribution >= 4 is 11.9 Å². The molecule has 1 aliphatic rings. The Morgan fingerprint density at radius 3 is 2.14 bits per heavy atom. The Kier molecular flexibility index (Phi) is 4.65. The van der Waals surface area contributed by atoms with E-state index in [-0.39, 0.29) is 12.5 Å². The summed E-state index contributed by atoms with van der Waals surface area (Å²) < 4.78 is 13.5. The first-order valence-electron chi connectivity index (χ1n) is 9.06. The van der Waals surface area contributed by atoms with Crippen LogP contribution in [0.5, 0.6) is 0 Å². The average molecular weight is 374 g/mol. The van der Waals surface area contributed by atoms with Crippen molar-refractivity contribution < 1.29 is 14.0 Å². The average Bonchev–Trinajstić information content (AvgIpc) is 2.94. The molecule has 0 aromatic heterocycles. The molecule has 0 bridgehead atoms. The summed E-state index contributed by atoms with van der Waals surface area (Å²) in [4.78, 5) is 27.4. The van der Waals surface area contributed by atoms with Crippen LogP contribution in [0.15, 0.2) is 84.9 Å². The minimum Gasteiger partial charge on any atom is -0.319 e. The molecule has 1 fully saturated rings. The van der Waals surface area contributed by atoms with Gasteiger partial charge in [0.1, 0.15) is 5.82 Å². The molecule has 0 radical (unpaired) electrons. The molecule has 140 valence electrons. The van der Waals surface area contributed by atoms with Gasteiger partial charge in [0.05, 0.1) is 6.54 Å². The van der Waals surface area contributed by atoms with E-state index in [9.17, 15) is 14.0 Å². The number of hydrogen-bond acceptors (Lipinski definition) is 2. The zero-order valence-electron chi connectivity index (χ0n) is 15.1. The van der Waals surface area contributed by atoms with Gasteiger partial charge in [0.2, 0.25) is 0 Å². The number of carbonyl (C=O) groups excluding carboxylic acids is 2. The van der Waals surface area contributed by atoms with Crippen molar-refractivity contribution in [3.05, 3.63) is 107 Å². The Labute approximate surface area is 162 Å². The number of rotatable bonds is 5. The highest BCUT2D eigenvalue weighted by atomic mass is 19.1. The lowest BCUT2D eigenvalue weighted by Crippen LogP contribution is -2.46. The van der Waals surface area contributed by atoms with Crippen LogP contribution in [0.25, 0.3) is 0 Å². The molecule has 1 unspecified atom stereocenters. The monoisotopic (exact) mass is 374 g/mol. The van der Waals surface area contributed by atoms with E-state index in [2.05, 4.69) is 5.32 Å². The predicted molar refractivity (Wildman–Crippen MR) is 104 cm³/mol. The van der Waals surface area contributed by atoms with Gasteiger partial charge in [-0.05, 0) is 28.8 Å². The van der Waals surface area contributed by atoms with E-state index in [4.69, 9.17) is 0 Å². The van der Waals surface area contributed by atoms with E-state index < -0.39 is 17.4 Å². The minimum absolute atomic E-state index is 0.0196. The van der Waals surface area contributed by atoms with Crippen LogP contribution in [0.4, 0.5) is 9.18 Å². The maximum absolute atomic E-state index is 13.5. The van der Waals surface area contributed by atoms with Crippen molar-refractivity contribution in [3.8, 4) is 0 Å². The van der Waals surface area contributed by atoms with E-state index in [0.29, 0.717) is 12.0 Å². The second-order valence-electron chi connectivity index (χ2n) is 6.89. The largest absolute Gasteiger partial charge is 0.325 e. The van der Waals surface area contributed by atoms with Crippen LogP contribution in [0.3, 0.4) is 0 Å². The fraction of sp³-hybridized carbons (Fsp3) is 0.130. The number of halogens is 1. The molecule has 28 heavy (non-hydrogen) atoms. The van der Waals surface area contributed by atoms with Crippen LogP contribution >= 0.6 is 0 Å². The topological polar surface area (TPSA) is 49.4 Å². The van der Waals surface area contributed by atoms with E-state index in [1.807, 2.05) is 60.7 Å². The van der Waals surface area contributed by atoms with Crippen molar-refractivity contribution in [2.75, 3.05) is 0 Å². The summed E-state index contributed by atoms with van der Waals surface area (Å²) in [6, 6.07) is 24.3. The molecule has 0 aliphatic carbocycles. The SMILES string of the molecule is O=C1NC(Cc2ccccc2)(c2ccccc2)C(=O)N1Cc1cccc(F)c1. The summed E-state index contributed by atoms with van der Waals surface area (Å²) in [6.07, 6.45) is 0.335. The van der Waals surface area contributed by atoms with Crippen molar-refractivity contribution in [1.29, 1.82) is 0 Å². The second kappa shape index (κ2) is 7.27. The zero-order valence-corrected chi connectivity index (χ0v) is 15.1. The van der Waals surface area contributed by atoms with Crippen molar-refractivity contribution in [2.24, 2.45) is 0 Å². The first-order valence-corrected chi connectivity index (χ1v) is 9.06. The lowest BCUT2D eigenvalue weighted by atomic mass is 9.83. The molecule has 1 atom stereocenters. The summed E-state index contributed by atoms with van der Waals surface area (Å²) >= 11 is 0. The van der Waals surface area contributed by atoms with Gasteiger partial charge in [-0.15, -0.1) is 0 Å². The molecule has 3 aromatic carbocycles. The number of nitrogens with zero attached hydrogens (tertiary/aromatic N) is 1. The van der Waals surface area contributed by atoms with Crippen LogP contribution in [0.2, 0.25) is 0 Å². The lowest BCUT2D eigenvalue weighted by Gasteiger charge is -2.27. The molecule has 1 N–H and O–H groups in total. The summed E-state index contributed by atoms with van der Waals surface area (Å²) in [6.45, 7) is 0.0196. The summed E-state index contributed by atoms with van der Waals surface area (Å²) in [5, 5.41) is 2.91. The van der Waals surface area contributed by atoms with Crippen molar-refractivity contribution in [1.82, 2.24) is 10.2 Å². The standard InChI is InChI=1S/C23H19FN2O2/c24-20-13-7-10-18(14-20)16-26-21(27)23(25-22(26)28,19-11-5-2-6-12-19)15-17-8-3-1-4-9-17/h1-14H,15-16H2,(H,25,28). The molecule has 5 heteroatoms. The van der Waals surface area contributed by atoms with Gasteiger partial charge in [-0.3, -0.25) is 9.69 Å². The number of carbonyl (C=O) groups is 2. The highest BCUT2D eigenvalue weighted by molar-refractivity contribution is 6.07. The lowest BCUT2D eigenvalue weighted by molar-refractivity contribution is -0.132. The Morgan fingerprint density at radius 1 is 0.821 bits per heavy atom. The normalized spacial score (nSPS) is 19.0. The van der Waals surface area contributed by atoms with E-state index >= 15 is 0 Å². The fourth-order valence-electron chi connectivity index (χ4n) is 3.63. The number of imide groups is 1. The van der Waals surface area contributed by atoms with E-state index in [1.165, 1.54) is 12.1 Å². The van der Waals surface area contributed by atoms with Gasteiger partial charge in [-0.1, -0.05) is 72.8 Å². The van der Waals surface area contributed by atoms with Crippen LogP contribution in [-0.4, -0.2) is 16.8 Å². The van der Waals surface area contributed by atoms with Gasteiger partial charge in [0.25, 0.3) is 5.91 Å². The highest BCUT2D eigenvalue weighted by Gasteiger charge is 2.52. The van der Waals surface area contributed by atoms with Gasteiger partial charge in [0, 0.05) is 6.42 Å². The van der Waals surface area contributed by atoms with Crippen LogP contribution in [0, 0.1) is 5.82 Å². The summed E-state index contributed by atoms with van der Waals surface area (Å²) in [5.41, 5.74) is 1.03. The van der Waals surface area contributed by atoms with Crippen LogP contribution in [0.1, 0.15) is 16.7 Å². The first kappa shape index (κ1) is 17.9. The molecule has 3 amide bonds. The zero-order chi connectivity index (χ0) is 19.6. The first-order chi connectivity index (χ1) is 13.6. The Balaban J connectivity index is 1.72. The Morgan fingerprint density at radius 2 is 1.46 bits per heavy atom. The molecule has 0 spiro atoms. The highest BCUT2D eigenvalue weighted by Crippen LogP contribution is 2.33. The van der Waals surface area contributed by atoms with Gasteiger partial charge in [-0.25, -0.2) is 9.18 Å². The Bertz CT molecular complexity index is 1010. The van der Waals surface area contributed by atoms with Gasteiger partial charge < -0.3 is 5.32 Å². The number of hydrogen-bond donors (Lipinski definition) is 1. The second-order valence-corrected chi connectivity index (χ2v) is 6.89. The Hall–Kier alpha value is -3.47. The van der Waals surface area contributed by atoms with Crippen molar-refractivity contribution in [3.63, 3.8) is 0 Å². The fourth-order valence-corrected chi connectivity index (χ4v) is 3.63. The van der Waals surface area contributed by atoms with E-state index in [0.717, 1.165) is 16.0 Å². The smallest absolute Gasteiger partial charge is 0.319 e. The maximum atomic E-state index is 13.5.